The number of rotatable bonds is 7. The predicted molar refractivity (Wildman–Crippen MR) is 97.0 cm³/mol. The third kappa shape index (κ3) is 4.87. The molecule has 1 aromatic carbocycles. The standard InChI is InChI=1S/C19H28N2O4/c1-13(2)20-17(22)12-19(7-5-6-8-19)18(23)21-14-9-15(24-3)11-16(10-14)25-4/h9-11,13H,5-8,12H2,1-4H3,(H,20,22)(H,21,23). The molecule has 6 heteroatoms. The molecule has 1 aromatic rings. The molecule has 2 amide bonds. The van der Waals surface area contributed by atoms with Gasteiger partial charge < -0.3 is 20.1 Å². The Balaban J connectivity index is 2.17. The second-order valence-corrected chi connectivity index (χ2v) is 6.94. The second kappa shape index (κ2) is 8.23. The van der Waals surface area contributed by atoms with Gasteiger partial charge in [-0.1, -0.05) is 12.8 Å². The van der Waals surface area contributed by atoms with Gasteiger partial charge >= 0.3 is 0 Å². The van der Waals surface area contributed by atoms with Crippen molar-refractivity contribution in [1.29, 1.82) is 0 Å². The zero-order valence-electron chi connectivity index (χ0n) is 15.5. The number of methoxy groups -OCH3 is 2. The number of hydrogen-bond donors (Lipinski definition) is 2. The first-order chi connectivity index (χ1) is 11.9. The molecule has 138 valence electrons. The molecule has 0 heterocycles. The Bertz CT molecular complexity index is 600. The summed E-state index contributed by atoms with van der Waals surface area (Å²) in [7, 11) is 3.13. The van der Waals surface area contributed by atoms with Crippen molar-refractivity contribution in [2.24, 2.45) is 5.41 Å². The van der Waals surface area contributed by atoms with Crippen molar-refractivity contribution in [1.82, 2.24) is 5.32 Å². The number of amides is 2. The molecule has 1 aliphatic carbocycles. The van der Waals surface area contributed by atoms with Crippen LogP contribution in [-0.4, -0.2) is 32.1 Å². The molecule has 2 rings (SSSR count). The molecule has 1 fully saturated rings. The number of carbonyl (C=O) groups is 2. The van der Waals surface area contributed by atoms with Crippen LogP contribution >= 0.6 is 0 Å². The lowest BCUT2D eigenvalue weighted by Gasteiger charge is -2.27. The molecule has 0 unspecified atom stereocenters. The molecule has 0 aliphatic heterocycles. The Kier molecular flexibility index (Phi) is 6.28. The topological polar surface area (TPSA) is 76.7 Å². The van der Waals surface area contributed by atoms with Gasteiger partial charge in [0.25, 0.3) is 0 Å². The molecule has 2 N–H and O–H groups in total. The van der Waals surface area contributed by atoms with E-state index in [4.69, 9.17) is 9.47 Å². The Morgan fingerprint density at radius 2 is 1.64 bits per heavy atom. The van der Waals surface area contributed by atoms with Crippen molar-refractivity contribution in [2.45, 2.75) is 52.0 Å². The molecule has 0 aromatic heterocycles. The molecule has 0 saturated heterocycles. The minimum absolute atomic E-state index is 0.0664. The summed E-state index contributed by atoms with van der Waals surface area (Å²) in [5, 5.41) is 5.84. The number of benzene rings is 1. The minimum atomic E-state index is -0.644. The number of carbonyl (C=O) groups excluding carboxylic acids is 2. The van der Waals surface area contributed by atoms with E-state index in [1.165, 1.54) is 0 Å². The normalized spacial score (nSPS) is 15.7. The van der Waals surface area contributed by atoms with Crippen molar-refractivity contribution < 1.29 is 19.1 Å². The van der Waals surface area contributed by atoms with Gasteiger partial charge in [-0.15, -0.1) is 0 Å². The minimum Gasteiger partial charge on any atom is -0.497 e. The van der Waals surface area contributed by atoms with Gasteiger partial charge in [0, 0.05) is 36.3 Å². The quantitative estimate of drug-likeness (QED) is 0.794. The first kappa shape index (κ1) is 19.1. The lowest BCUT2D eigenvalue weighted by Crippen LogP contribution is -2.40. The zero-order chi connectivity index (χ0) is 18.4. The van der Waals surface area contributed by atoms with Gasteiger partial charge in [-0.05, 0) is 26.7 Å². The molecule has 25 heavy (non-hydrogen) atoms. The van der Waals surface area contributed by atoms with E-state index >= 15 is 0 Å². The van der Waals surface area contributed by atoms with Gasteiger partial charge in [-0.2, -0.15) is 0 Å². The molecule has 0 spiro atoms. The predicted octanol–water partition coefficient (Wildman–Crippen LogP) is 3.12. The van der Waals surface area contributed by atoms with Gasteiger partial charge in [0.05, 0.1) is 19.6 Å². The molecule has 1 aliphatic rings. The summed E-state index contributed by atoms with van der Waals surface area (Å²) in [5.41, 5.74) is -0.0355. The highest BCUT2D eigenvalue weighted by atomic mass is 16.5. The molecule has 0 atom stereocenters. The average molecular weight is 348 g/mol. The number of anilines is 1. The van der Waals surface area contributed by atoms with Crippen LogP contribution in [0, 0.1) is 5.41 Å². The van der Waals surface area contributed by atoms with Crippen LogP contribution in [-0.2, 0) is 9.59 Å². The summed E-state index contributed by atoms with van der Waals surface area (Å²) >= 11 is 0. The molecule has 1 saturated carbocycles. The number of nitrogens with one attached hydrogen (secondary N) is 2. The zero-order valence-corrected chi connectivity index (χ0v) is 15.5. The van der Waals surface area contributed by atoms with Gasteiger partial charge in [0.2, 0.25) is 11.8 Å². The Morgan fingerprint density at radius 1 is 1.08 bits per heavy atom. The summed E-state index contributed by atoms with van der Waals surface area (Å²) in [5.74, 6) is 1.02. The largest absolute Gasteiger partial charge is 0.497 e. The van der Waals surface area contributed by atoms with Crippen molar-refractivity contribution in [3.05, 3.63) is 18.2 Å². The van der Waals surface area contributed by atoms with Crippen LogP contribution in [0.15, 0.2) is 18.2 Å². The maximum absolute atomic E-state index is 13.0. The Hall–Kier alpha value is -2.24. The van der Waals surface area contributed by atoms with E-state index in [-0.39, 0.29) is 24.3 Å². The smallest absolute Gasteiger partial charge is 0.231 e. The maximum atomic E-state index is 13.0. The fourth-order valence-corrected chi connectivity index (χ4v) is 3.36. The van der Waals surface area contributed by atoms with E-state index in [1.807, 2.05) is 13.8 Å². The second-order valence-electron chi connectivity index (χ2n) is 6.94. The fraction of sp³-hybridized carbons (Fsp3) is 0.579. The highest BCUT2D eigenvalue weighted by Gasteiger charge is 2.43. The monoisotopic (exact) mass is 348 g/mol. The van der Waals surface area contributed by atoms with Crippen LogP contribution in [0.3, 0.4) is 0 Å². The number of hydrogen-bond acceptors (Lipinski definition) is 4. The summed E-state index contributed by atoms with van der Waals surface area (Å²) in [6.07, 6.45) is 3.60. The Morgan fingerprint density at radius 3 is 2.12 bits per heavy atom. The van der Waals surface area contributed by atoms with E-state index < -0.39 is 5.41 Å². The first-order valence-corrected chi connectivity index (χ1v) is 8.72. The van der Waals surface area contributed by atoms with E-state index in [0.717, 1.165) is 25.7 Å². The van der Waals surface area contributed by atoms with E-state index in [2.05, 4.69) is 10.6 Å². The van der Waals surface area contributed by atoms with E-state index in [1.54, 1.807) is 32.4 Å². The summed E-state index contributed by atoms with van der Waals surface area (Å²) in [4.78, 5) is 25.2. The number of ether oxygens (including phenoxy) is 2. The van der Waals surface area contributed by atoms with E-state index in [9.17, 15) is 9.59 Å². The molecule has 0 bridgehead atoms. The van der Waals surface area contributed by atoms with Gasteiger partial charge in [-0.25, -0.2) is 0 Å². The average Bonchev–Trinajstić information content (AvgIpc) is 3.03. The SMILES string of the molecule is COc1cc(NC(=O)C2(CC(=O)NC(C)C)CCCC2)cc(OC)c1. The summed E-state index contributed by atoms with van der Waals surface area (Å²) < 4.78 is 10.5. The lowest BCUT2D eigenvalue weighted by atomic mass is 9.81. The first-order valence-electron chi connectivity index (χ1n) is 8.72. The highest BCUT2D eigenvalue weighted by Crippen LogP contribution is 2.42. The molecule has 6 nitrogen and oxygen atoms in total. The maximum Gasteiger partial charge on any atom is 0.231 e. The van der Waals surface area contributed by atoms with E-state index in [0.29, 0.717) is 17.2 Å². The van der Waals surface area contributed by atoms with Crippen molar-refractivity contribution in [3.63, 3.8) is 0 Å². The summed E-state index contributed by atoms with van der Waals surface area (Å²) in [6.45, 7) is 3.84. The van der Waals surface area contributed by atoms with Crippen LogP contribution in [0.25, 0.3) is 0 Å². The lowest BCUT2D eigenvalue weighted by molar-refractivity contribution is -0.132. The van der Waals surface area contributed by atoms with Crippen molar-refractivity contribution >= 4 is 17.5 Å². The van der Waals surface area contributed by atoms with Gasteiger partial charge in [-0.3, -0.25) is 9.59 Å². The third-order valence-corrected chi connectivity index (χ3v) is 4.60. The van der Waals surface area contributed by atoms with Crippen molar-refractivity contribution in [2.75, 3.05) is 19.5 Å². The van der Waals surface area contributed by atoms with Gasteiger partial charge in [0.1, 0.15) is 11.5 Å². The molecular weight excluding hydrogens is 320 g/mol. The van der Waals surface area contributed by atoms with Crippen LogP contribution in [0.2, 0.25) is 0 Å². The fourth-order valence-electron chi connectivity index (χ4n) is 3.36. The molecule has 0 radical (unpaired) electrons. The summed E-state index contributed by atoms with van der Waals surface area (Å²) in [6, 6.07) is 5.31. The van der Waals surface area contributed by atoms with Crippen LogP contribution in [0.4, 0.5) is 5.69 Å². The van der Waals surface area contributed by atoms with Crippen molar-refractivity contribution in [3.8, 4) is 11.5 Å². The third-order valence-electron chi connectivity index (χ3n) is 4.60. The van der Waals surface area contributed by atoms with Crippen LogP contribution in [0.5, 0.6) is 11.5 Å². The Labute approximate surface area is 149 Å². The van der Waals surface area contributed by atoms with Crippen LogP contribution < -0.4 is 20.1 Å². The van der Waals surface area contributed by atoms with Gasteiger partial charge in [0.15, 0.2) is 0 Å². The molecular formula is C19H28N2O4. The highest BCUT2D eigenvalue weighted by molar-refractivity contribution is 5.98. The van der Waals surface area contributed by atoms with Crippen LogP contribution in [0.1, 0.15) is 46.0 Å².